The van der Waals surface area contributed by atoms with Gasteiger partial charge in [0.25, 0.3) is 0 Å². The van der Waals surface area contributed by atoms with Gasteiger partial charge in [0.05, 0.1) is 11.8 Å². The first kappa shape index (κ1) is 20.3. The van der Waals surface area contributed by atoms with Gasteiger partial charge in [-0.1, -0.05) is 50.3 Å². The average Bonchev–Trinajstić information content (AvgIpc) is 2.94. The predicted octanol–water partition coefficient (Wildman–Crippen LogP) is 3.20. The maximum atomic E-state index is 12.4. The summed E-state index contributed by atoms with van der Waals surface area (Å²) in [5.41, 5.74) is 2.60. The minimum Gasteiger partial charge on any atom is -0.356 e. The summed E-state index contributed by atoms with van der Waals surface area (Å²) in [5.74, 6) is -0.244. The first-order valence-electron chi connectivity index (χ1n) is 10.3. The van der Waals surface area contributed by atoms with E-state index >= 15 is 0 Å². The first-order chi connectivity index (χ1) is 13.5. The fourth-order valence-electron chi connectivity index (χ4n) is 3.98. The number of hydrogen-bond acceptors (Lipinski definition) is 3. The van der Waals surface area contributed by atoms with Gasteiger partial charge < -0.3 is 5.32 Å². The van der Waals surface area contributed by atoms with Gasteiger partial charge in [0.1, 0.15) is 0 Å². The summed E-state index contributed by atoms with van der Waals surface area (Å²) in [6.45, 7) is 5.15. The minimum atomic E-state index is -0.220. The Balaban J connectivity index is 1.36. The lowest BCUT2D eigenvalue weighted by Crippen LogP contribution is -2.35. The van der Waals surface area contributed by atoms with Gasteiger partial charge in [0.15, 0.2) is 0 Å². The molecule has 1 aliphatic heterocycles. The van der Waals surface area contributed by atoms with Crippen molar-refractivity contribution in [1.29, 1.82) is 0 Å². The molecule has 3 amide bonds. The molecule has 0 unspecified atom stereocenters. The minimum absolute atomic E-state index is 0.108. The molecule has 1 heterocycles. The van der Waals surface area contributed by atoms with Gasteiger partial charge in [-0.05, 0) is 42.7 Å². The highest BCUT2D eigenvalue weighted by molar-refractivity contribution is 6.05. The molecule has 1 saturated heterocycles. The van der Waals surface area contributed by atoms with Crippen LogP contribution in [0.3, 0.4) is 0 Å². The first-order valence-corrected chi connectivity index (χ1v) is 10.3. The van der Waals surface area contributed by atoms with Gasteiger partial charge in [-0.3, -0.25) is 19.3 Å². The van der Waals surface area contributed by atoms with Gasteiger partial charge in [0, 0.05) is 19.5 Å². The zero-order valence-electron chi connectivity index (χ0n) is 16.8. The fraction of sp³-hybridized carbons (Fsp3) is 0.522. The lowest BCUT2D eigenvalue weighted by atomic mass is 9.85. The molecule has 0 saturated carbocycles. The summed E-state index contributed by atoms with van der Waals surface area (Å²) in [7, 11) is 0. The molecule has 0 aromatic heterocycles. The largest absolute Gasteiger partial charge is 0.356 e. The van der Waals surface area contributed by atoms with Gasteiger partial charge in [-0.2, -0.15) is 0 Å². The van der Waals surface area contributed by atoms with Crippen LogP contribution in [-0.4, -0.2) is 35.7 Å². The van der Waals surface area contributed by atoms with Crippen molar-refractivity contribution in [3.8, 4) is 0 Å². The Kier molecular flexibility index (Phi) is 6.65. The molecule has 28 heavy (non-hydrogen) atoms. The van der Waals surface area contributed by atoms with Gasteiger partial charge in [-0.25, -0.2) is 0 Å². The number of likely N-dealkylation sites (tertiary alicyclic amines) is 1. The molecule has 1 fully saturated rings. The topological polar surface area (TPSA) is 66.5 Å². The Morgan fingerprint density at radius 2 is 1.68 bits per heavy atom. The van der Waals surface area contributed by atoms with Crippen LogP contribution in [0.1, 0.15) is 56.6 Å². The molecule has 0 radical (unpaired) electrons. The standard InChI is InChI=1S/C23H30N2O3/c1-16(2)18-11-9-17(10-12-18)6-5-14-24-21(26)13-15-25-22(27)19-7-3-4-8-20(19)23(25)28/h3-4,9-12,16,19-20H,5-8,13-15H2,1-2H3,(H,24,26)/t19-,20+. The third kappa shape index (κ3) is 4.70. The van der Waals surface area contributed by atoms with E-state index in [0.717, 1.165) is 12.8 Å². The molecule has 5 nitrogen and oxygen atoms in total. The van der Waals surface area contributed by atoms with Crippen LogP contribution in [0.15, 0.2) is 36.4 Å². The maximum absolute atomic E-state index is 12.4. The van der Waals surface area contributed by atoms with Crippen molar-refractivity contribution in [2.75, 3.05) is 13.1 Å². The Morgan fingerprint density at radius 3 is 2.25 bits per heavy atom. The highest BCUT2D eigenvalue weighted by atomic mass is 16.2. The molecule has 1 aromatic rings. The van der Waals surface area contributed by atoms with E-state index in [4.69, 9.17) is 0 Å². The van der Waals surface area contributed by atoms with E-state index < -0.39 is 0 Å². The van der Waals surface area contributed by atoms with E-state index in [2.05, 4.69) is 43.4 Å². The van der Waals surface area contributed by atoms with Gasteiger partial charge in [0.2, 0.25) is 17.7 Å². The van der Waals surface area contributed by atoms with Crippen molar-refractivity contribution in [3.05, 3.63) is 47.5 Å². The zero-order chi connectivity index (χ0) is 20.1. The molecule has 0 spiro atoms. The van der Waals surface area contributed by atoms with Gasteiger partial charge in [-0.15, -0.1) is 0 Å². The van der Waals surface area contributed by atoms with Crippen LogP contribution in [0.5, 0.6) is 0 Å². The number of aryl methyl sites for hydroxylation is 1. The van der Waals surface area contributed by atoms with Crippen molar-refractivity contribution in [1.82, 2.24) is 10.2 Å². The lowest BCUT2D eigenvalue weighted by Gasteiger charge is -2.14. The summed E-state index contributed by atoms with van der Waals surface area (Å²) < 4.78 is 0. The van der Waals surface area contributed by atoms with Crippen molar-refractivity contribution in [2.24, 2.45) is 11.8 Å². The summed E-state index contributed by atoms with van der Waals surface area (Å²) in [5, 5.41) is 2.90. The van der Waals surface area contributed by atoms with Crippen molar-refractivity contribution in [3.63, 3.8) is 0 Å². The molecule has 3 rings (SSSR count). The van der Waals surface area contributed by atoms with E-state index in [1.165, 1.54) is 16.0 Å². The number of fused-ring (bicyclic) bond motifs is 1. The van der Waals surface area contributed by atoms with E-state index in [1.54, 1.807) is 0 Å². The van der Waals surface area contributed by atoms with Crippen LogP contribution in [0.2, 0.25) is 0 Å². The lowest BCUT2D eigenvalue weighted by molar-refractivity contribution is -0.140. The van der Waals surface area contributed by atoms with E-state index in [9.17, 15) is 14.4 Å². The number of carbonyl (C=O) groups excluding carboxylic acids is 3. The Morgan fingerprint density at radius 1 is 1.07 bits per heavy atom. The van der Waals surface area contributed by atoms with Crippen LogP contribution in [0, 0.1) is 11.8 Å². The van der Waals surface area contributed by atoms with Crippen LogP contribution in [-0.2, 0) is 20.8 Å². The number of benzene rings is 1. The van der Waals surface area contributed by atoms with E-state index in [0.29, 0.717) is 25.3 Å². The molecule has 1 aliphatic carbocycles. The predicted molar refractivity (Wildman–Crippen MR) is 109 cm³/mol. The average molecular weight is 383 g/mol. The van der Waals surface area contributed by atoms with Crippen molar-refractivity contribution >= 4 is 17.7 Å². The normalized spacial score (nSPS) is 21.3. The number of allylic oxidation sites excluding steroid dienone is 2. The third-order valence-electron chi connectivity index (χ3n) is 5.77. The highest BCUT2D eigenvalue weighted by Crippen LogP contribution is 2.34. The van der Waals surface area contributed by atoms with Crippen molar-refractivity contribution in [2.45, 2.75) is 51.9 Å². The molecule has 1 aromatic carbocycles. The summed E-state index contributed by atoms with van der Waals surface area (Å²) in [6.07, 6.45) is 7.17. The molecule has 0 bridgehead atoms. The number of hydrogen-bond donors (Lipinski definition) is 1. The monoisotopic (exact) mass is 382 g/mol. The molecule has 1 N–H and O–H groups in total. The second kappa shape index (κ2) is 9.18. The Hall–Kier alpha value is -2.43. The molecule has 2 aliphatic rings. The number of rotatable bonds is 8. The summed E-state index contributed by atoms with van der Waals surface area (Å²) >= 11 is 0. The number of nitrogens with zero attached hydrogens (tertiary/aromatic N) is 1. The van der Waals surface area contributed by atoms with E-state index in [-0.39, 0.29) is 42.5 Å². The third-order valence-corrected chi connectivity index (χ3v) is 5.77. The number of nitrogens with one attached hydrogen (secondary N) is 1. The second-order valence-corrected chi connectivity index (χ2v) is 8.08. The molecule has 2 atom stereocenters. The molecular weight excluding hydrogens is 352 g/mol. The van der Waals surface area contributed by atoms with Crippen LogP contribution >= 0.6 is 0 Å². The van der Waals surface area contributed by atoms with Crippen LogP contribution in [0.25, 0.3) is 0 Å². The van der Waals surface area contributed by atoms with Crippen molar-refractivity contribution < 1.29 is 14.4 Å². The number of imide groups is 1. The molecule has 5 heteroatoms. The second-order valence-electron chi connectivity index (χ2n) is 8.08. The molecular formula is C23H30N2O3. The maximum Gasteiger partial charge on any atom is 0.233 e. The number of carbonyl (C=O) groups is 3. The van der Waals surface area contributed by atoms with E-state index in [1.807, 2.05) is 12.2 Å². The van der Waals surface area contributed by atoms with Gasteiger partial charge >= 0.3 is 0 Å². The van der Waals surface area contributed by atoms with Crippen LogP contribution < -0.4 is 5.32 Å². The quantitative estimate of drug-likeness (QED) is 0.427. The molecule has 150 valence electrons. The SMILES string of the molecule is CC(C)c1ccc(CCCNC(=O)CCN2C(=O)[C@H]3CC=CC[C@H]3C2=O)cc1. The Bertz CT molecular complexity index is 726. The van der Waals surface area contributed by atoms with Crippen LogP contribution in [0.4, 0.5) is 0 Å². The highest BCUT2D eigenvalue weighted by Gasteiger charge is 2.46. The smallest absolute Gasteiger partial charge is 0.233 e. The summed E-state index contributed by atoms with van der Waals surface area (Å²) in [6, 6.07) is 8.62. The number of amides is 3. The Labute approximate surface area is 167 Å². The summed E-state index contributed by atoms with van der Waals surface area (Å²) in [4.78, 5) is 38.1. The fourth-order valence-corrected chi connectivity index (χ4v) is 3.98. The zero-order valence-corrected chi connectivity index (χ0v) is 16.8.